The van der Waals surface area contributed by atoms with Crippen molar-refractivity contribution in [3.8, 4) is 6.07 Å². The topological polar surface area (TPSA) is 88.1 Å². The molecule has 6 nitrogen and oxygen atoms in total. The number of aromatic nitrogens is 2. The third kappa shape index (κ3) is 3.93. The predicted molar refractivity (Wildman–Crippen MR) is 90.9 cm³/mol. The molecular weight excluding hydrogens is 306 g/mol. The number of allylic oxidation sites excluding steroid dienone is 1. The Bertz CT molecular complexity index is 813. The minimum absolute atomic E-state index is 0.00496. The number of para-hydroxylation sites is 2. The first-order valence-electron chi connectivity index (χ1n) is 7.83. The first-order chi connectivity index (χ1) is 11.4. The SMILES string of the molecule is CC(C)CCC(=O)OC/C(O)=C(\C#N)c1nc2ccccc2n1C. The largest absolute Gasteiger partial charge is 0.507 e. The zero-order valence-corrected chi connectivity index (χ0v) is 14.1. The zero-order chi connectivity index (χ0) is 17.7. The van der Waals surface area contributed by atoms with Crippen molar-refractivity contribution in [3.63, 3.8) is 0 Å². The van der Waals surface area contributed by atoms with Crippen molar-refractivity contribution in [2.24, 2.45) is 13.0 Å². The van der Waals surface area contributed by atoms with Gasteiger partial charge < -0.3 is 14.4 Å². The van der Waals surface area contributed by atoms with Crippen LogP contribution in [0, 0.1) is 17.2 Å². The van der Waals surface area contributed by atoms with E-state index in [-0.39, 0.29) is 17.9 Å². The Morgan fingerprint density at radius 2 is 2.12 bits per heavy atom. The number of ether oxygens (including phenoxy) is 1. The van der Waals surface area contributed by atoms with Gasteiger partial charge >= 0.3 is 5.97 Å². The lowest BCUT2D eigenvalue weighted by atomic mass is 10.1. The van der Waals surface area contributed by atoms with Crippen LogP contribution in [0.3, 0.4) is 0 Å². The summed E-state index contributed by atoms with van der Waals surface area (Å²) in [7, 11) is 1.77. The van der Waals surface area contributed by atoms with Crippen LogP contribution in [0.2, 0.25) is 0 Å². The van der Waals surface area contributed by atoms with Gasteiger partial charge in [-0.3, -0.25) is 4.79 Å². The third-order valence-corrected chi connectivity index (χ3v) is 3.71. The van der Waals surface area contributed by atoms with Gasteiger partial charge in [-0.05, 0) is 24.5 Å². The van der Waals surface area contributed by atoms with Crippen molar-refractivity contribution in [2.45, 2.75) is 26.7 Å². The molecule has 0 aliphatic rings. The maximum absolute atomic E-state index is 11.6. The van der Waals surface area contributed by atoms with Crippen LogP contribution in [0.1, 0.15) is 32.5 Å². The van der Waals surface area contributed by atoms with Gasteiger partial charge in [0.25, 0.3) is 0 Å². The number of nitriles is 1. The van der Waals surface area contributed by atoms with Crippen molar-refractivity contribution >= 4 is 22.6 Å². The van der Waals surface area contributed by atoms with E-state index in [0.29, 0.717) is 18.2 Å². The van der Waals surface area contributed by atoms with E-state index >= 15 is 0 Å². The number of hydrogen-bond acceptors (Lipinski definition) is 5. The molecular formula is C18H21N3O3. The molecule has 0 spiro atoms. The Hall–Kier alpha value is -2.81. The second-order valence-corrected chi connectivity index (χ2v) is 6.01. The second-order valence-electron chi connectivity index (χ2n) is 6.01. The Labute approximate surface area is 141 Å². The number of aryl methyl sites for hydroxylation is 1. The van der Waals surface area contributed by atoms with Crippen LogP contribution in [0.15, 0.2) is 30.0 Å². The first kappa shape index (κ1) is 17.5. The van der Waals surface area contributed by atoms with Crippen molar-refractivity contribution in [3.05, 3.63) is 35.8 Å². The lowest BCUT2D eigenvalue weighted by molar-refractivity contribution is -0.143. The summed E-state index contributed by atoms with van der Waals surface area (Å²) in [6.45, 7) is 3.71. The van der Waals surface area contributed by atoms with Crippen LogP contribution in [-0.4, -0.2) is 27.2 Å². The summed E-state index contributed by atoms with van der Waals surface area (Å²) in [5, 5.41) is 19.5. The molecule has 2 aromatic rings. The highest BCUT2D eigenvalue weighted by molar-refractivity contribution is 5.83. The first-order valence-corrected chi connectivity index (χ1v) is 7.83. The van der Waals surface area contributed by atoms with Gasteiger partial charge in [-0.15, -0.1) is 0 Å². The number of esters is 1. The van der Waals surface area contributed by atoms with Crippen LogP contribution in [-0.2, 0) is 16.6 Å². The van der Waals surface area contributed by atoms with E-state index in [1.165, 1.54) is 0 Å². The van der Waals surface area contributed by atoms with E-state index in [1.54, 1.807) is 11.6 Å². The molecule has 0 unspecified atom stereocenters. The Morgan fingerprint density at radius 1 is 1.42 bits per heavy atom. The number of rotatable bonds is 6. The molecule has 1 heterocycles. The Kier molecular flexibility index (Phi) is 5.59. The summed E-state index contributed by atoms with van der Waals surface area (Å²) in [6, 6.07) is 9.39. The van der Waals surface area contributed by atoms with Crippen molar-refractivity contribution in [1.29, 1.82) is 5.26 Å². The molecule has 126 valence electrons. The maximum Gasteiger partial charge on any atom is 0.306 e. The number of hydrogen-bond donors (Lipinski definition) is 1. The molecule has 0 saturated heterocycles. The summed E-state index contributed by atoms with van der Waals surface area (Å²) in [4.78, 5) is 16.0. The second kappa shape index (κ2) is 7.64. The maximum atomic E-state index is 11.6. The Balaban J connectivity index is 2.19. The number of nitrogens with zero attached hydrogens (tertiary/aromatic N) is 3. The van der Waals surface area contributed by atoms with Crippen LogP contribution in [0.5, 0.6) is 0 Å². The molecule has 0 fully saturated rings. The molecule has 0 bridgehead atoms. The van der Waals surface area contributed by atoms with E-state index < -0.39 is 5.97 Å². The third-order valence-electron chi connectivity index (χ3n) is 3.71. The van der Waals surface area contributed by atoms with Crippen molar-refractivity contribution < 1.29 is 14.6 Å². The molecule has 0 atom stereocenters. The Morgan fingerprint density at radius 3 is 2.75 bits per heavy atom. The van der Waals surface area contributed by atoms with Gasteiger partial charge in [-0.1, -0.05) is 26.0 Å². The minimum Gasteiger partial charge on any atom is -0.507 e. The van der Waals surface area contributed by atoms with Gasteiger partial charge in [0.2, 0.25) is 0 Å². The highest BCUT2D eigenvalue weighted by atomic mass is 16.5. The van der Waals surface area contributed by atoms with Gasteiger partial charge in [-0.2, -0.15) is 5.26 Å². The summed E-state index contributed by atoms with van der Waals surface area (Å²) >= 11 is 0. The highest BCUT2D eigenvalue weighted by Crippen LogP contribution is 2.22. The van der Waals surface area contributed by atoms with Crippen LogP contribution >= 0.6 is 0 Å². The quantitative estimate of drug-likeness (QED) is 0.499. The summed E-state index contributed by atoms with van der Waals surface area (Å²) in [5.41, 5.74) is 1.58. The molecule has 24 heavy (non-hydrogen) atoms. The number of benzene rings is 1. The smallest absolute Gasteiger partial charge is 0.306 e. The molecule has 0 amide bonds. The summed E-state index contributed by atoms with van der Waals surface area (Å²) in [5.74, 6) is 0.0529. The van der Waals surface area contributed by atoms with Crippen LogP contribution in [0.4, 0.5) is 0 Å². The normalized spacial score (nSPS) is 12.1. The number of carbonyl (C=O) groups is 1. The van der Waals surface area contributed by atoms with Gasteiger partial charge in [0, 0.05) is 13.5 Å². The summed E-state index contributed by atoms with van der Waals surface area (Å²) in [6.07, 6.45) is 1.01. The fraction of sp³-hybridized carbons (Fsp3) is 0.389. The van der Waals surface area contributed by atoms with E-state index in [0.717, 1.165) is 17.5 Å². The standard InChI is InChI=1S/C18H21N3O3/c1-12(2)8-9-17(23)24-11-16(22)13(10-19)18-20-14-6-4-5-7-15(14)21(18)3/h4-7,12,22H,8-9,11H2,1-3H3/b16-13-. The predicted octanol–water partition coefficient (Wildman–Crippen LogP) is 3.35. The number of carbonyl (C=O) groups excluding carboxylic acids is 1. The fourth-order valence-corrected chi connectivity index (χ4v) is 2.31. The molecule has 0 aliphatic carbocycles. The number of aliphatic hydroxyl groups excluding tert-OH is 1. The number of aliphatic hydroxyl groups is 1. The van der Waals surface area contributed by atoms with Gasteiger partial charge in [0.15, 0.2) is 11.6 Å². The molecule has 1 aromatic carbocycles. The molecule has 1 aromatic heterocycles. The summed E-state index contributed by atoms with van der Waals surface area (Å²) < 4.78 is 6.76. The van der Waals surface area contributed by atoms with Crippen molar-refractivity contribution in [1.82, 2.24) is 9.55 Å². The van der Waals surface area contributed by atoms with E-state index in [9.17, 15) is 15.2 Å². The van der Waals surface area contributed by atoms with Gasteiger partial charge in [0.1, 0.15) is 18.2 Å². The molecule has 1 N–H and O–H groups in total. The minimum atomic E-state index is -0.391. The molecule has 0 aliphatic heterocycles. The zero-order valence-electron chi connectivity index (χ0n) is 14.1. The average molecular weight is 327 g/mol. The fourth-order valence-electron chi connectivity index (χ4n) is 2.31. The molecule has 6 heteroatoms. The number of imidazole rings is 1. The molecule has 0 saturated carbocycles. The van der Waals surface area contributed by atoms with Crippen LogP contribution < -0.4 is 0 Å². The van der Waals surface area contributed by atoms with E-state index in [2.05, 4.69) is 4.98 Å². The molecule has 0 radical (unpaired) electrons. The van der Waals surface area contributed by atoms with Gasteiger partial charge in [-0.25, -0.2) is 4.98 Å². The van der Waals surface area contributed by atoms with Crippen LogP contribution in [0.25, 0.3) is 16.6 Å². The lowest BCUT2D eigenvalue weighted by Crippen LogP contribution is -2.10. The lowest BCUT2D eigenvalue weighted by Gasteiger charge is -2.08. The van der Waals surface area contributed by atoms with E-state index in [4.69, 9.17) is 4.74 Å². The average Bonchev–Trinajstić information content (AvgIpc) is 2.89. The highest BCUT2D eigenvalue weighted by Gasteiger charge is 2.17. The van der Waals surface area contributed by atoms with Gasteiger partial charge in [0.05, 0.1) is 11.0 Å². The monoisotopic (exact) mass is 327 g/mol. The van der Waals surface area contributed by atoms with E-state index in [1.807, 2.05) is 44.2 Å². The van der Waals surface area contributed by atoms with Crippen molar-refractivity contribution in [2.75, 3.05) is 6.61 Å². The molecule has 2 rings (SSSR count). The number of fused-ring (bicyclic) bond motifs is 1.